The first-order valence-corrected chi connectivity index (χ1v) is 3.87. The molecule has 1 aromatic rings. The van der Waals surface area contributed by atoms with Crippen LogP contribution in [0.25, 0.3) is 0 Å². The highest BCUT2D eigenvalue weighted by atomic mass is 19.4. The molecule has 1 heterocycles. The van der Waals surface area contributed by atoms with Crippen molar-refractivity contribution in [1.82, 2.24) is 0 Å². The number of fused-ring (bicyclic) bond motifs is 1. The van der Waals surface area contributed by atoms with Gasteiger partial charge in [0, 0.05) is 0 Å². The Hall–Kier alpha value is -1.85. The Kier molecular flexibility index (Phi) is 1.82. The summed E-state index contributed by atoms with van der Waals surface area (Å²) < 4.78 is 41.0. The highest BCUT2D eigenvalue weighted by molar-refractivity contribution is 6.44. The summed E-state index contributed by atoms with van der Waals surface area (Å²) in [5.41, 5.74) is -1.09. The molecule has 0 aromatic heterocycles. The summed E-state index contributed by atoms with van der Waals surface area (Å²) in [6.45, 7) is 0. The fourth-order valence-corrected chi connectivity index (χ4v) is 1.23. The van der Waals surface area contributed by atoms with E-state index in [0.717, 1.165) is 12.1 Å². The van der Waals surface area contributed by atoms with E-state index in [2.05, 4.69) is 4.74 Å². The summed E-state index contributed by atoms with van der Waals surface area (Å²) >= 11 is 0. The summed E-state index contributed by atoms with van der Waals surface area (Å²) in [5.74, 6) is -2.40. The van der Waals surface area contributed by atoms with E-state index in [-0.39, 0.29) is 11.3 Å². The molecule has 0 bridgehead atoms. The minimum Gasteiger partial charge on any atom is -0.420 e. The van der Waals surface area contributed by atoms with Crippen molar-refractivity contribution in [2.75, 3.05) is 0 Å². The van der Waals surface area contributed by atoms with Gasteiger partial charge in [0.05, 0.1) is 11.1 Å². The molecule has 2 rings (SSSR count). The number of hydrogen-bond acceptors (Lipinski definition) is 3. The molecule has 0 atom stereocenters. The van der Waals surface area contributed by atoms with E-state index in [1.54, 1.807) is 0 Å². The Morgan fingerprint density at radius 1 is 1.13 bits per heavy atom. The quantitative estimate of drug-likeness (QED) is 0.377. The van der Waals surface area contributed by atoms with Crippen molar-refractivity contribution >= 4 is 11.8 Å². The van der Waals surface area contributed by atoms with Crippen LogP contribution in [0.3, 0.4) is 0 Å². The molecule has 0 saturated carbocycles. The Labute approximate surface area is 81.5 Å². The molecular formula is C9H3F3O3. The second-order valence-corrected chi connectivity index (χ2v) is 2.93. The van der Waals surface area contributed by atoms with Crippen LogP contribution < -0.4 is 4.74 Å². The number of carbonyl (C=O) groups excluding carboxylic acids is 2. The first-order valence-electron chi connectivity index (χ1n) is 3.87. The zero-order valence-electron chi connectivity index (χ0n) is 7.09. The van der Waals surface area contributed by atoms with Gasteiger partial charge in [-0.1, -0.05) is 0 Å². The highest BCUT2D eigenvalue weighted by Crippen LogP contribution is 2.35. The molecule has 1 aliphatic rings. The molecule has 15 heavy (non-hydrogen) atoms. The molecule has 0 spiro atoms. The van der Waals surface area contributed by atoms with Gasteiger partial charge in [-0.3, -0.25) is 4.79 Å². The molecule has 0 saturated heterocycles. The van der Waals surface area contributed by atoms with Gasteiger partial charge < -0.3 is 4.74 Å². The second-order valence-electron chi connectivity index (χ2n) is 2.93. The van der Waals surface area contributed by atoms with Crippen molar-refractivity contribution < 1.29 is 27.5 Å². The minimum atomic E-state index is -4.52. The van der Waals surface area contributed by atoms with E-state index >= 15 is 0 Å². The number of carbonyl (C=O) groups is 2. The van der Waals surface area contributed by atoms with Crippen LogP contribution in [0.2, 0.25) is 0 Å². The molecule has 1 aromatic carbocycles. The molecule has 0 N–H and O–H groups in total. The lowest BCUT2D eigenvalue weighted by Gasteiger charge is -2.06. The number of alkyl halides is 3. The third kappa shape index (κ3) is 1.47. The van der Waals surface area contributed by atoms with Gasteiger partial charge in [0.25, 0.3) is 5.78 Å². The van der Waals surface area contributed by atoms with Gasteiger partial charge in [0.15, 0.2) is 0 Å². The van der Waals surface area contributed by atoms with Crippen LogP contribution in [0.5, 0.6) is 5.75 Å². The van der Waals surface area contributed by atoms with Crippen LogP contribution in [0.4, 0.5) is 13.2 Å². The van der Waals surface area contributed by atoms with Crippen molar-refractivity contribution in [1.29, 1.82) is 0 Å². The van der Waals surface area contributed by atoms with E-state index in [0.29, 0.717) is 6.07 Å². The van der Waals surface area contributed by atoms with Crippen molar-refractivity contribution in [3.8, 4) is 5.75 Å². The van der Waals surface area contributed by atoms with Gasteiger partial charge in [-0.25, -0.2) is 4.79 Å². The van der Waals surface area contributed by atoms with Crippen molar-refractivity contribution in [3.63, 3.8) is 0 Å². The number of hydrogen-bond donors (Lipinski definition) is 0. The van der Waals surface area contributed by atoms with Gasteiger partial charge in [-0.05, 0) is 18.2 Å². The molecule has 1 aliphatic heterocycles. The van der Waals surface area contributed by atoms with Crippen LogP contribution in [-0.4, -0.2) is 11.8 Å². The molecule has 3 nitrogen and oxygen atoms in total. The van der Waals surface area contributed by atoms with E-state index in [9.17, 15) is 22.8 Å². The Balaban J connectivity index is 2.51. The smallest absolute Gasteiger partial charge is 0.416 e. The third-order valence-corrected chi connectivity index (χ3v) is 1.94. The fraction of sp³-hybridized carbons (Fsp3) is 0.111. The van der Waals surface area contributed by atoms with Crippen LogP contribution in [0.1, 0.15) is 15.9 Å². The number of rotatable bonds is 0. The molecule has 78 valence electrons. The summed E-state index contributed by atoms with van der Waals surface area (Å²) in [7, 11) is 0. The Morgan fingerprint density at radius 2 is 1.80 bits per heavy atom. The molecule has 6 heteroatoms. The second kappa shape index (κ2) is 2.82. The number of Topliss-reactive ketones (excluding diaryl/α,β-unsaturated/α-hetero) is 1. The molecule has 0 amide bonds. The number of halogens is 3. The Morgan fingerprint density at radius 3 is 2.40 bits per heavy atom. The minimum absolute atomic E-state index is 0.131. The van der Waals surface area contributed by atoms with Gasteiger partial charge in [-0.15, -0.1) is 0 Å². The van der Waals surface area contributed by atoms with E-state index < -0.39 is 23.5 Å². The van der Waals surface area contributed by atoms with E-state index in [1.165, 1.54) is 0 Å². The maximum Gasteiger partial charge on any atom is 0.416 e. The van der Waals surface area contributed by atoms with Crippen LogP contribution in [0.15, 0.2) is 18.2 Å². The maximum atomic E-state index is 12.2. The lowest BCUT2D eigenvalue weighted by atomic mass is 10.1. The van der Waals surface area contributed by atoms with Gasteiger partial charge in [0.2, 0.25) is 0 Å². The van der Waals surface area contributed by atoms with Gasteiger partial charge in [-0.2, -0.15) is 13.2 Å². The van der Waals surface area contributed by atoms with Crippen molar-refractivity contribution in [2.45, 2.75) is 6.18 Å². The highest BCUT2D eigenvalue weighted by Gasteiger charge is 2.36. The number of benzene rings is 1. The van der Waals surface area contributed by atoms with Crippen LogP contribution >= 0.6 is 0 Å². The van der Waals surface area contributed by atoms with Crippen LogP contribution in [0, 0.1) is 0 Å². The molecular weight excluding hydrogens is 213 g/mol. The van der Waals surface area contributed by atoms with E-state index in [4.69, 9.17) is 0 Å². The van der Waals surface area contributed by atoms with Crippen LogP contribution in [-0.2, 0) is 11.0 Å². The third-order valence-electron chi connectivity index (χ3n) is 1.94. The molecule has 0 unspecified atom stereocenters. The topological polar surface area (TPSA) is 43.4 Å². The average Bonchev–Trinajstić information content (AvgIpc) is 2.41. The summed E-state index contributed by atoms with van der Waals surface area (Å²) in [5, 5.41) is 0. The maximum absolute atomic E-state index is 12.2. The monoisotopic (exact) mass is 216 g/mol. The lowest BCUT2D eigenvalue weighted by Crippen LogP contribution is -2.10. The number of esters is 1. The van der Waals surface area contributed by atoms with Gasteiger partial charge in [0.1, 0.15) is 5.75 Å². The number of ether oxygens (including phenoxy) is 1. The standard InChI is InChI=1S/C9H3F3O3/c10-9(11,12)4-1-2-5-6(3-4)15-8(14)7(5)13/h1-3H. The zero-order valence-corrected chi connectivity index (χ0v) is 7.09. The zero-order chi connectivity index (χ0) is 11.2. The molecule has 0 aliphatic carbocycles. The fourth-order valence-electron chi connectivity index (χ4n) is 1.23. The summed E-state index contributed by atoms with van der Waals surface area (Å²) in [6, 6.07) is 2.31. The molecule has 0 fully saturated rings. The first-order chi connectivity index (χ1) is 6.89. The lowest BCUT2D eigenvalue weighted by molar-refractivity contribution is -0.138. The first kappa shape index (κ1) is 9.70. The predicted octanol–water partition coefficient (Wildman–Crippen LogP) is 1.81. The summed E-state index contributed by atoms with van der Waals surface area (Å²) in [6.07, 6.45) is -4.52. The normalized spacial score (nSPS) is 15.1. The predicted molar refractivity (Wildman–Crippen MR) is 41.4 cm³/mol. The molecule has 0 radical (unpaired) electrons. The SMILES string of the molecule is O=C1Oc2cc(C(F)(F)F)ccc2C1=O. The average molecular weight is 216 g/mol. The number of ketones is 1. The van der Waals surface area contributed by atoms with Gasteiger partial charge >= 0.3 is 12.1 Å². The largest absolute Gasteiger partial charge is 0.420 e. The van der Waals surface area contributed by atoms with Crippen molar-refractivity contribution in [3.05, 3.63) is 29.3 Å². The van der Waals surface area contributed by atoms with Crippen molar-refractivity contribution in [2.24, 2.45) is 0 Å². The summed E-state index contributed by atoms with van der Waals surface area (Å²) in [4.78, 5) is 21.7. The van der Waals surface area contributed by atoms with E-state index in [1.807, 2.05) is 0 Å². The Bertz CT molecular complexity index is 462.